The molecule has 0 bridgehead atoms. The average molecular weight is 236 g/mol. The van der Waals surface area contributed by atoms with E-state index in [0.29, 0.717) is 0 Å². The summed E-state index contributed by atoms with van der Waals surface area (Å²) in [6.07, 6.45) is 0.159. The van der Waals surface area contributed by atoms with Crippen LogP contribution in [-0.2, 0) is 20.7 Å². The number of hydrogen-bond donors (Lipinski definition) is 0. The fraction of sp³-hybridized carbons (Fsp3) is 0.385. The SMILES string of the molecule is COC(=O)C(=O)Cc1ccc(OC(C)C)cc1. The van der Waals surface area contributed by atoms with E-state index < -0.39 is 11.8 Å². The molecule has 1 rings (SSSR count). The molecule has 1 aromatic rings. The van der Waals surface area contributed by atoms with Crippen molar-refractivity contribution in [3.05, 3.63) is 29.8 Å². The number of rotatable bonds is 5. The smallest absolute Gasteiger partial charge is 0.374 e. The van der Waals surface area contributed by atoms with E-state index in [-0.39, 0.29) is 12.5 Å². The van der Waals surface area contributed by atoms with Crippen LogP contribution in [0.5, 0.6) is 5.75 Å². The minimum atomic E-state index is -0.812. The molecule has 0 fully saturated rings. The third-order valence-electron chi connectivity index (χ3n) is 2.07. The van der Waals surface area contributed by atoms with Crippen LogP contribution in [0.2, 0.25) is 0 Å². The number of carbonyl (C=O) groups excluding carboxylic acids is 2. The third-order valence-corrected chi connectivity index (χ3v) is 2.07. The van der Waals surface area contributed by atoms with E-state index in [1.807, 2.05) is 13.8 Å². The van der Waals surface area contributed by atoms with Gasteiger partial charge in [0.1, 0.15) is 5.75 Å². The molecule has 0 atom stereocenters. The second-order valence-electron chi connectivity index (χ2n) is 3.90. The lowest BCUT2D eigenvalue weighted by atomic mass is 10.1. The predicted molar refractivity (Wildman–Crippen MR) is 62.9 cm³/mol. The third kappa shape index (κ3) is 4.26. The molecule has 17 heavy (non-hydrogen) atoms. The molecule has 0 amide bonds. The normalized spacial score (nSPS) is 10.1. The van der Waals surface area contributed by atoms with Crippen LogP contribution in [0.15, 0.2) is 24.3 Å². The van der Waals surface area contributed by atoms with Crippen LogP contribution in [-0.4, -0.2) is 25.0 Å². The quantitative estimate of drug-likeness (QED) is 0.577. The topological polar surface area (TPSA) is 52.6 Å². The van der Waals surface area contributed by atoms with Gasteiger partial charge in [-0.3, -0.25) is 4.79 Å². The van der Waals surface area contributed by atoms with Gasteiger partial charge in [-0.25, -0.2) is 4.79 Å². The lowest BCUT2D eigenvalue weighted by Crippen LogP contribution is -2.17. The second-order valence-corrected chi connectivity index (χ2v) is 3.90. The molecule has 0 radical (unpaired) electrons. The van der Waals surface area contributed by atoms with Crippen LogP contribution in [0.3, 0.4) is 0 Å². The number of methoxy groups -OCH3 is 1. The second kappa shape index (κ2) is 6.03. The molecule has 0 aromatic heterocycles. The van der Waals surface area contributed by atoms with Crippen molar-refractivity contribution < 1.29 is 19.1 Å². The van der Waals surface area contributed by atoms with Crippen LogP contribution in [0.4, 0.5) is 0 Å². The largest absolute Gasteiger partial charge is 0.491 e. The molecule has 0 saturated heterocycles. The van der Waals surface area contributed by atoms with E-state index >= 15 is 0 Å². The molecule has 0 aliphatic rings. The molecule has 0 saturated carbocycles. The highest BCUT2D eigenvalue weighted by molar-refractivity contribution is 6.34. The summed E-state index contributed by atoms with van der Waals surface area (Å²) in [4.78, 5) is 22.2. The van der Waals surface area contributed by atoms with Gasteiger partial charge in [0.05, 0.1) is 13.2 Å². The van der Waals surface area contributed by atoms with Crippen molar-refractivity contribution in [2.24, 2.45) is 0 Å². The lowest BCUT2D eigenvalue weighted by Gasteiger charge is -2.09. The van der Waals surface area contributed by atoms with Crippen molar-refractivity contribution >= 4 is 11.8 Å². The van der Waals surface area contributed by atoms with Gasteiger partial charge < -0.3 is 9.47 Å². The summed E-state index contributed by atoms with van der Waals surface area (Å²) in [6, 6.07) is 7.08. The molecule has 4 heteroatoms. The maximum atomic E-state index is 11.3. The Morgan fingerprint density at radius 2 is 1.76 bits per heavy atom. The van der Waals surface area contributed by atoms with Crippen molar-refractivity contribution in [1.82, 2.24) is 0 Å². The number of benzene rings is 1. The Kier molecular flexibility index (Phi) is 4.69. The van der Waals surface area contributed by atoms with Crippen LogP contribution < -0.4 is 4.74 Å². The molecule has 92 valence electrons. The van der Waals surface area contributed by atoms with Gasteiger partial charge in [-0.05, 0) is 31.5 Å². The number of esters is 1. The Hall–Kier alpha value is -1.84. The van der Waals surface area contributed by atoms with Crippen LogP contribution in [0, 0.1) is 0 Å². The summed E-state index contributed by atoms with van der Waals surface area (Å²) in [7, 11) is 1.19. The maximum absolute atomic E-state index is 11.3. The van der Waals surface area contributed by atoms with Crippen molar-refractivity contribution in [3.8, 4) is 5.75 Å². The van der Waals surface area contributed by atoms with Gasteiger partial charge in [0.15, 0.2) is 0 Å². The zero-order chi connectivity index (χ0) is 12.8. The first-order chi connectivity index (χ1) is 8.02. The first kappa shape index (κ1) is 13.2. The van der Waals surface area contributed by atoms with Gasteiger partial charge in [0.25, 0.3) is 0 Å². The van der Waals surface area contributed by atoms with Crippen molar-refractivity contribution in [3.63, 3.8) is 0 Å². The van der Waals surface area contributed by atoms with Crippen LogP contribution in [0.25, 0.3) is 0 Å². The summed E-state index contributed by atoms with van der Waals surface area (Å²) in [5.41, 5.74) is 0.761. The molecular weight excluding hydrogens is 220 g/mol. The van der Waals surface area contributed by atoms with E-state index in [2.05, 4.69) is 4.74 Å². The molecule has 0 N–H and O–H groups in total. The van der Waals surface area contributed by atoms with Gasteiger partial charge in [-0.1, -0.05) is 12.1 Å². The first-order valence-corrected chi connectivity index (χ1v) is 5.39. The minimum Gasteiger partial charge on any atom is -0.491 e. The molecule has 4 nitrogen and oxygen atoms in total. The Morgan fingerprint density at radius 1 is 1.18 bits per heavy atom. The number of hydrogen-bond acceptors (Lipinski definition) is 4. The highest BCUT2D eigenvalue weighted by Crippen LogP contribution is 2.14. The highest BCUT2D eigenvalue weighted by Gasteiger charge is 2.14. The highest BCUT2D eigenvalue weighted by atomic mass is 16.5. The molecule has 0 unspecified atom stereocenters. The molecule has 0 aliphatic carbocycles. The van der Waals surface area contributed by atoms with Crippen LogP contribution in [0.1, 0.15) is 19.4 Å². The standard InChI is InChI=1S/C13H16O4/c1-9(2)17-11-6-4-10(5-7-11)8-12(14)13(15)16-3/h4-7,9H,8H2,1-3H3. The zero-order valence-corrected chi connectivity index (χ0v) is 10.2. The lowest BCUT2D eigenvalue weighted by molar-refractivity contribution is -0.151. The van der Waals surface area contributed by atoms with E-state index in [4.69, 9.17) is 4.74 Å². The van der Waals surface area contributed by atoms with E-state index in [0.717, 1.165) is 11.3 Å². The number of Topliss-reactive ketones (excluding diaryl/α,β-unsaturated/α-hetero) is 1. The van der Waals surface area contributed by atoms with Gasteiger partial charge in [0, 0.05) is 6.42 Å². The van der Waals surface area contributed by atoms with Gasteiger partial charge in [0.2, 0.25) is 5.78 Å². The summed E-state index contributed by atoms with van der Waals surface area (Å²) in [6.45, 7) is 3.88. The fourth-order valence-electron chi connectivity index (χ4n) is 1.33. The maximum Gasteiger partial charge on any atom is 0.374 e. The fourth-order valence-corrected chi connectivity index (χ4v) is 1.33. The predicted octanol–water partition coefficient (Wildman–Crippen LogP) is 1.76. The van der Waals surface area contributed by atoms with Crippen molar-refractivity contribution in [1.29, 1.82) is 0 Å². The van der Waals surface area contributed by atoms with Gasteiger partial charge in [-0.2, -0.15) is 0 Å². The Labute approximate surface area is 101 Å². The number of carbonyl (C=O) groups is 2. The Balaban J connectivity index is 2.62. The number of ketones is 1. The first-order valence-electron chi connectivity index (χ1n) is 5.39. The van der Waals surface area contributed by atoms with Gasteiger partial charge >= 0.3 is 5.97 Å². The molecular formula is C13H16O4. The Morgan fingerprint density at radius 3 is 2.24 bits per heavy atom. The Bertz CT molecular complexity index is 392. The number of ether oxygens (including phenoxy) is 2. The van der Waals surface area contributed by atoms with Gasteiger partial charge in [-0.15, -0.1) is 0 Å². The van der Waals surface area contributed by atoms with Crippen LogP contribution >= 0.6 is 0 Å². The van der Waals surface area contributed by atoms with Crippen molar-refractivity contribution in [2.45, 2.75) is 26.4 Å². The monoisotopic (exact) mass is 236 g/mol. The average Bonchev–Trinajstić information content (AvgIpc) is 2.30. The summed E-state index contributed by atoms with van der Waals surface area (Å²) >= 11 is 0. The molecule has 0 heterocycles. The summed E-state index contributed by atoms with van der Waals surface area (Å²) in [5, 5.41) is 0. The van der Waals surface area contributed by atoms with Crippen molar-refractivity contribution in [2.75, 3.05) is 7.11 Å². The van der Waals surface area contributed by atoms with E-state index in [1.54, 1.807) is 24.3 Å². The summed E-state index contributed by atoms with van der Waals surface area (Å²) in [5.74, 6) is -0.619. The minimum absolute atomic E-state index is 0.0502. The van der Waals surface area contributed by atoms with E-state index in [1.165, 1.54) is 7.11 Å². The summed E-state index contributed by atoms with van der Waals surface area (Å²) < 4.78 is 9.81. The van der Waals surface area contributed by atoms with E-state index in [9.17, 15) is 9.59 Å². The molecule has 0 aliphatic heterocycles. The molecule has 0 spiro atoms. The zero-order valence-electron chi connectivity index (χ0n) is 10.2. The molecule has 1 aromatic carbocycles.